The number of carbonyl (C=O) groups is 1. The highest BCUT2D eigenvalue weighted by Crippen LogP contribution is 2.37. The molecule has 0 aliphatic heterocycles. The van der Waals surface area contributed by atoms with Gasteiger partial charge in [0.2, 0.25) is 0 Å². The maximum absolute atomic E-state index is 12.5. The fourth-order valence-electron chi connectivity index (χ4n) is 3.34. The predicted octanol–water partition coefficient (Wildman–Crippen LogP) is 3.89. The molecule has 0 heterocycles. The molecule has 1 unspecified atom stereocenters. The van der Waals surface area contributed by atoms with Crippen molar-refractivity contribution in [2.45, 2.75) is 72.3 Å². The van der Waals surface area contributed by atoms with Crippen LogP contribution in [0.3, 0.4) is 0 Å². The molecular weight excluding hydrogens is 234 g/mol. The van der Waals surface area contributed by atoms with Gasteiger partial charge in [-0.25, -0.2) is 0 Å². The third-order valence-corrected chi connectivity index (χ3v) is 4.90. The van der Waals surface area contributed by atoms with Gasteiger partial charge < -0.3 is 0 Å². The summed E-state index contributed by atoms with van der Waals surface area (Å²) in [6.45, 7) is 11.1. The molecule has 0 N–H and O–H groups in total. The Labute approximate surface area is 118 Å². The Morgan fingerprint density at radius 2 is 1.95 bits per heavy atom. The van der Waals surface area contributed by atoms with Crippen LogP contribution in [-0.2, 0) is 4.79 Å². The van der Waals surface area contributed by atoms with E-state index in [1.807, 2.05) is 0 Å². The van der Waals surface area contributed by atoms with Crippen molar-refractivity contribution in [2.75, 3.05) is 13.1 Å². The Hall–Kier alpha value is -0.370. The first-order valence-electron chi connectivity index (χ1n) is 8.18. The van der Waals surface area contributed by atoms with E-state index < -0.39 is 0 Å². The molecule has 0 radical (unpaired) electrons. The molecule has 0 aromatic carbocycles. The number of carbonyl (C=O) groups excluding carboxylic acids is 1. The Morgan fingerprint density at radius 3 is 2.53 bits per heavy atom. The van der Waals surface area contributed by atoms with Gasteiger partial charge in [0.05, 0.1) is 0 Å². The lowest BCUT2D eigenvalue weighted by atomic mass is 9.71. The van der Waals surface area contributed by atoms with Crippen molar-refractivity contribution in [3.8, 4) is 0 Å². The molecule has 2 saturated carbocycles. The van der Waals surface area contributed by atoms with E-state index in [-0.39, 0.29) is 5.41 Å². The van der Waals surface area contributed by atoms with Crippen LogP contribution in [-0.4, -0.2) is 29.8 Å². The fraction of sp³-hybridized carbons (Fsp3) is 0.941. The van der Waals surface area contributed by atoms with E-state index >= 15 is 0 Å². The van der Waals surface area contributed by atoms with Crippen LogP contribution in [0, 0.1) is 17.3 Å². The Balaban J connectivity index is 1.91. The lowest BCUT2D eigenvalue weighted by molar-refractivity contribution is -0.135. The van der Waals surface area contributed by atoms with Crippen LogP contribution in [0.4, 0.5) is 0 Å². The third kappa shape index (κ3) is 4.05. The summed E-state index contributed by atoms with van der Waals surface area (Å²) in [7, 11) is 0. The second kappa shape index (κ2) is 5.95. The summed E-state index contributed by atoms with van der Waals surface area (Å²) in [6, 6.07) is 0.789. The minimum absolute atomic E-state index is 0.0732. The Kier molecular flexibility index (Phi) is 4.70. The molecule has 0 saturated heterocycles. The maximum Gasteiger partial charge on any atom is 0.142 e. The van der Waals surface area contributed by atoms with E-state index in [1.54, 1.807) is 0 Å². The van der Waals surface area contributed by atoms with E-state index in [0.29, 0.717) is 11.7 Å². The first-order valence-corrected chi connectivity index (χ1v) is 8.18. The van der Waals surface area contributed by atoms with Crippen molar-refractivity contribution in [1.29, 1.82) is 0 Å². The van der Waals surface area contributed by atoms with Gasteiger partial charge in [0, 0.05) is 23.9 Å². The molecule has 2 aliphatic rings. The molecule has 1 atom stereocenters. The minimum atomic E-state index is -0.0732. The minimum Gasteiger partial charge on any atom is -0.300 e. The monoisotopic (exact) mass is 265 g/mol. The highest BCUT2D eigenvalue weighted by atomic mass is 16.1. The lowest BCUT2D eigenvalue weighted by Gasteiger charge is -2.36. The summed E-state index contributed by atoms with van der Waals surface area (Å²) >= 11 is 0. The topological polar surface area (TPSA) is 20.3 Å². The largest absolute Gasteiger partial charge is 0.300 e. The molecule has 0 bridgehead atoms. The van der Waals surface area contributed by atoms with Gasteiger partial charge in [0.25, 0.3) is 0 Å². The molecular formula is C17H31NO. The summed E-state index contributed by atoms with van der Waals surface area (Å²) in [5.41, 5.74) is -0.0732. The number of ketones is 1. The maximum atomic E-state index is 12.5. The van der Waals surface area contributed by atoms with Gasteiger partial charge in [-0.05, 0) is 44.6 Å². The highest BCUT2D eigenvalue weighted by molar-refractivity contribution is 5.87. The van der Waals surface area contributed by atoms with Crippen molar-refractivity contribution in [3.05, 3.63) is 0 Å². The second-order valence-corrected chi connectivity index (χ2v) is 7.75. The molecule has 0 amide bonds. The number of hydrogen-bond acceptors (Lipinski definition) is 2. The van der Waals surface area contributed by atoms with Gasteiger partial charge >= 0.3 is 0 Å². The van der Waals surface area contributed by atoms with Crippen LogP contribution in [0.1, 0.15) is 66.2 Å². The van der Waals surface area contributed by atoms with Gasteiger partial charge in [0.1, 0.15) is 5.78 Å². The standard InChI is InChI=1S/C17H31NO/c1-13(2)9-11-18(15-7-8-15)12-14-6-5-10-17(3,4)16(14)19/h13-15H,5-12H2,1-4H3. The molecule has 2 heteroatoms. The summed E-state index contributed by atoms with van der Waals surface area (Å²) in [5.74, 6) is 1.59. The average Bonchev–Trinajstić information content (AvgIpc) is 3.13. The average molecular weight is 265 g/mol. The predicted molar refractivity (Wildman–Crippen MR) is 80.2 cm³/mol. The van der Waals surface area contributed by atoms with Crippen molar-refractivity contribution < 1.29 is 4.79 Å². The van der Waals surface area contributed by atoms with Crippen LogP contribution in [0.25, 0.3) is 0 Å². The third-order valence-electron chi connectivity index (χ3n) is 4.90. The zero-order valence-corrected chi connectivity index (χ0v) is 13.2. The van der Waals surface area contributed by atoms with E-state index in [9.17, 15) is 4.79 Å². The molecule has 0 aromatic heterocycles. The summed E-state index contributed by atoms with van der Waals surface area (Å²) in [6.07, 6.45) is 7.39. The van der Waals surface area contributed by atoms with E-state index in [1.165, 1.54) is 32.2 Å². The first-order chi connectivity index (χ1) is 8.90. The van der Waals surface area contributed by atoms with E-state index in [4.69, 9.17) is 0 Å². The number of nitrogens with zero attached hydrogens (tertiary/aromatic N) is 1. The van der Waals surface area contributed by atoms with Crippen LogP contribution in [0.2, 0.25) is 0 Å². The molecule has 0 spiro atoms. The lowest BCUT2D eigenvalue weighted by Crippen LogP contribution is -2.42. The van der Waals surface area contributed by atoms with Gasteiger partial charge in [-0.15, -0.1) is 0 Å². The zero-order valence-electron chi connectivity index (χ0n) is 13.2. The molecule has 0 aromatic rings. The molecule has 2 aliphatic carbocycles. The van der Waals surface area contributed by atoms with E-state index in [0.717, 1.165) is 31.3 Å². The van der Waals surface area contributed by atoms with Gasteiger partial charge in [-0.1, -0.05) is 34.1 Å². The summed E-state index contributed by atoms with van der Waals surface area (Å²) in [4.78, 5) is 15.2. The SMILES string of the molecule is CC(C)CCN(CC1CCCC(C)(C)C1=O)C1CC1. The quantitative estimate of drug-likeness (QED) is 0.726. The van der Waals surface area contributed by atoms with Crippen molar-refractivity contribution in [3.63, 3.8) is 0 Å². The Bertz CT molecular complexity index is 317. The smallest absolute Gasteiger partial charge is 0.142 e. The second-order valence-electron chi connectivity index (χ2n) is 7.75. The highest BCUT2D eigenvalue weighted by Gasteiger charge is 2.39. The van der Waals surface area contributed by atoms with Crippen molar-refractivity contribution in [1.82, 2.24) is 4.90 Å². The van der Waals surface area contributed by atoms with Gasteiger partial charge in [-0.2, -0.15) is 0 Å². The molecule has 2 fully saturated rings. The summed E-state index contributed by atoms with van der Waals surface area (Å²) < 4.78 is 0. The van der Waals surface area contributed by atoms with Crippen molar-refractivity contribution in [2.24, 2.45) is 17.3 Å². The summed E-state index contributed by atoms with van der Waals surface area (Å²) in [5, 5.41) is 0. The number of hydrogen-bond donors (Lipinski definition) is 0. The zero-order chi connectivity index (χ0) is 14.0. The first kappa shape index (κ1) is 15.0. The van der Waals surface area contributed by atoms with E-state index in [2.05, 4.69) is 32.6 Å². The molecule has 2 rings (SSSR count). The van der Waals surface area contributed by atoms with Crippen molar-refractivity contribution >= 4 is 5.78 Å². The molecule has 19 heavy (non-hydrogen) atoms. The van der Waals surface area contributed by atoms with Crippen LogP contribution in [0.5, 0.6) is 0 Å². The molecule has 2 nitrogen and oxygen atoms in total. The van der Waals surface area contributed by atoms with Crippen LogP contribution < -0.4 is 0 Å². The van der Waals surface area contributed by atoms with Gasteiger partial charge in [-0.3, -0.25) is 9.69 Å². The number of Topliss-reactive ketones (excluding diaryl/α,β-unsaturated/α-hetero) is 1. The van der Waals surface area contributed by atoms with Crippen LogP contribution >= 0.6 is 0 Å². The van der Waals surface area contributed by atoms with Gasteiger partial charge in [0.15, 0.2) is 0 Å². The Morgan fingerprint density at radius 1 is 1.26 bits per heavy atom. The van der Waals surface area contributed by atoms with Crippen LogP contribution in [0.15, 0.2) is 0 Å². The normalized spacial score (nSPS) is 27.3. The number of rotatable bonds is 6. The molecule has 110 valence electrons. The fourth-order valence-corrected chi connectivity index (χ4v) is 3.34.